The van der Waals surface area contributed by atoms with Crippen LogP contribution in [0.3, 0.4) is 0 Å². The van der Waals surface area contributed by atoms with Crippen molar-refractivity contribution in [3.8, 4) is 6.19 Å². The average molecular weight is 85.1 g/mol. The highest BCUT2D eigenvalue weighted by Gasteiger charge is 1.54. The van der Waals surface area contributed by atoms with E-state index in [0.717, 1.165) is 6.34 Å². The molecule has 0 aliphatic carbocycles. The molecule has 4 heteroatoms. The Kier molecular flexibility index (Phi) is 3.21. The van der Waals surface area contributed by atoms with Crippen LogP contribution in [0, 0.1) is 11.5 Å². The summed E-state index contributed by atoms with van der Waals surface area (Å²) in [5, 5.41) is 15.2. The summed E-state index contributed by atoms with van der Waals surface area (Å²) in [6, 6.07) is 0. The van der Waals surface area contributed by atoms with Gasteiger partial charge in [-0.15, -0.1) is 0 Å². The molecule has 0 aromatic heterocycles. The number of aliphatic imine (C=N–C) groups is 1. The molecule has 6 heavy (non-hydrogen) atoms. The first kappa shape index (κ1) is 4.92. The molecular weight excluding hydrogens is 82.0 g/mol. The third-order valence-corrected chi connectivity index (χ3v) is 0.180. The van der Waals surface area contributed by atoms with E-state index in [4.69, 9.17) is 10.5 Å². The minimum absolute atomic E-state index is 0.875. The molecule has 0 saturated heterocycles. The first-order valence-corrected chi connectivity index (χ1v) is 1.22. The number of nitriles is 1. The van der Waals surface area contributed by atoms with Gasteiger partial charge in [0, 0.05) is 0 Å². The Morgan fingerprint density at radius 2 is 2.67 bits per heavy atom. The van der Waals surface area contributed by atoms with Gasteiger partial charge in [-0.3, -0.25) is 10.7 Å². The van der Waals surface area contributed by atoms with Crippen LogP contribution in [0.4, 0.5) is 0 Å². The first-order chi connectivity index (χ1) is 2.91. The lowest BCUT2D eigenvalue weighted by molar-refractivity contribution is 0.240. The van der Waals surface area contributed by atoms with Crippen LogP contribution in [0.15, 0.2) is 4.99 Å². The van der Waals surface area contributed by atoms with Crippen molar-refractivity contribution in [2.75, 3.05) is 0 Å². The van der Waals surface area contributed by atoms with Gasteiger partial charge in [-0.1, -0.05) is 0 Å². The van der Waals surface area contributed by atoms with Crippen LogP contribution in [-0.2, 0) is 0 Å². The van der Waals surface area contributed by atoms with E-state index < -0.39 is 0 Å². The normalized spacial score (nSPS) is 8.00. The van der Waals surface area contributed by atoms with Crippen molar-refractivity contribution in [1.29, 1.82) is 5.26 Å². The van der Waals surface area contributed by atoms with Crippen molar-refractivity contribution in [3.05, 3.63) is 0 Å². The highest BCUT2D eigenvalue weighted by atomic mass is 16.5. The van der Waals surface area contributed by atoms with Crippen LogP contribution >= 0.6 is 0 Å². The first-order valence-electron chi connectivity index (χ1n) is 1.22. The molecule has 0 rings (SSSR count). The van der Waals surface area contributed by atoms with Crippen LogP contribution in [0.5, 0.6) is 0 Å². The molecule has 0 atom stereocenters. The average Bonchev–Trinajstić information content (AvgIpc) is 1.61. The molecule has 0 unspecified atom stereocenters. The second-order valence-electron chi connectivity index (χ2n) is 0.487. The van der Waals surface area contributed by atoms with Crippen LogP contribution in [-0.4, -0.2) is 11.5 Å². The van der Waals surface area contributed by atoms with Gasteiger partial charge in [0.25, 0.3) is 0 Å². The molecule has 0 aromatic rings. The molecule has 0 aliphatic rings. The lowest BCUT2D eigenvalue weighted by Crippen LogP contribution is -2.00. The third kappa shape index (κ3) is 2.92. The lowest BCUT2D eigenvalue weighted by atomic mass is 11.2. The van der Waals surface area contributed by atoms with Crippen molar-refractivity contribution in [2.24, 2.45) is 4.99 Å². The van der Waals surface area contributed by atoms with E-state index in [9.17, 15) is 0 Å². The fraction of sp³-hybridized carbons (Fsp3) is 0. The zero-order valence-electron chi connectivity index (χ0n) is 2.92. The Morgan fingerprint density at radius 1 is 2.00 bits per heavy atom. The Bertz CT molecular complexity index is 81.3. The summed E-state index contributed by atoms with van der Waals surface area (Å²) in [6.45, 7) is 0. The van der Waals surface area contributed by atoms with Crippen molar-refractivity contribution in [2.45, 2.75) is 0 Å². The van der Waals surface area contributed by atoms with Gasteiger partial charge in [0.2, 0.25) is 6.19 Å². The molecule has 0 radical (unpaired) electrons. The molecule has 4 nitrogen and oxygen atoms in total. The standard InChI is InChI=1S/C2H3N3O/c3-1-4-2-5-6/h2,6H,(H,4,5). The molecule has 0 heterocycles. The molecule has 0 bridgehead atoms. The molecule has 0 fully saturated rings. The Morgan fingerprint density at radius 3 is 2.83 bits per heavy atom. The number of hydroxylamine groups is 1. The van der Waals surface area contributed by atoms with Crippen molar-refractivity contribution < 1.29 is 5.21 Å². The second-order valence-corrected chi connectivity index (χ2v) is 0.487. The van der Waals surface area contributed by atoms with Gasteiger partial charge < -0.3 is 0 Å². The number of nitrogens with zero attached hydrogens (tertiary/aromatic N) is 2. The summed E-state index contributed by atoms with van der Waals surface area (Å²) in [4.78, 5) is 2.91. The number of nitrogens with one attached hydrogen (secondary N) is 1. The van der Waals surface area contributed by atoms with E-state index in [-0.39, 0.29) is 0 Å². The second kappa shape index (κ2) is 3.92. The highest BCUT2D eigenvalue weighted by molar-refractivity contribution is 5.53. The van der Waals surface area contributed by atoms with E-state index in [1.54, 1.807) is 5.48 Å². The summed E-state index contributed by atoms with van der Waals surface area (Å²) < 4.78 is 0. The van der Waals surface area contributed by atoms with Gasteiger partial charge in [0.05, 0.1) is 0 Å². The van der Waals surface area contributed by atoms with Crippen molar-refractivity contribution in [3.63, 3.8) is 0 Å². The number of hydrogen-bond acceptors (Lipinski definition) is 3. The zero-order chi connectivity index (χ0) is 4.83. The molecule has 32 valence electrons. The van der Waals surface area contributed by atoms with Crippen LogP contribution in [0.25, 0.3) is 0 Å². The third-order valence-electron chi connectivity index (χ3n) is 0.180. The fourth-order valence-electron chi connectivity index (χ4n) is 0.0577. The fourth-order valence-corrected chi connectivity index (χ4v) is 0.0577. The van der Waals surface area contributed by atoms with Crippen molar-refractivity contribution in [1.82, 2.24) is 5.48 Å². The Labute approximate surface area is 34.7 Å². The summed E-state index contributed by atoms with van der Waals surface area (Å²) in [7, 11) is 0. The van der Waals surface area contributed by atoms with E-state index in [1.807, 2.05) is 0 Å². The highest BCUT2D eigenvalue weighted by Crippen LogP contribution is 1.46. The Hall–Kier alpha value is -1.08. The summed E-state index contributed by atoms with van der Waals surface area (Å²) in [5.41, 5.74) is 1.55. The van der Waals surface area contributed by atoms with Crippen LogP contribution in [0.1, 0.15) is 0 Å². The largest absolute Gasteiger partial charge is 0.290 e. The van der Waals surface area contributed by atoms with Gasteiger partial charge in [0.15, 0.2) is 0 Å². The summed E-state index contributed by atoms with van der Waals surface area (Å²) in [6.07, 6.45) is 2.29. The molecule has 0 saturated carbocycles. The minimum atomic E-state index is 0.875. The van der Waals surface area contributed by atoms with Crippen LogP contribution < -0.4 is 5.48 Å². The molecule has 0 amide bonds. The van der Waals surface area contributed by atoms with E-state index in [1.165, 1.54) is 6.19 Å². The molecule has 0 spiro atoms. The van der Waals surface area contributed by atoms with E-state index in [2.05, 4.69) is 4.99 Å². The summed E-state index contributed by atoms with van der Waals surface area (Å²) in [5.74, 6) is 0. The molecule has 0 aliphatic heterocycles. The predicted molar refractivity (Wildman–Crippen MR) is 19.0 cm³/mol. The van der Waals surface area contributed by atoms with Gasteiger partial charge in [-0.2, -0.15) is 10.3 Å². The maximum atomic E-state index is 7.65. The van der Waals surface area contributed by atoms with E-state index >= 15 is 0 Å². The lowest BCUT2D eigenvalue weighted by Gasteiger charge is -1.71. The van der Waals surface area contributed by atoms with E-state index in [0.29, 0.717) is 0 Å². The Balaban J connectivity index is 3.02. The SMILES string of the molecule is N#CN=CNO. The monoisotopic (exact) mass is 85.0 g/mol. The summed E-state index contributed by atoms with van der Waals surface area (Å²) >= 11 is 0. The molecular formula is C2H3N3O. The number of hydrogen-bond donors (Lipinski definition) is 2. The topological polar surface area (TPSA) is 68.4 Å². The van der Waals surface area contributed by atoms with Crippen molar-refractivity contribution >= 4 is 6.34 Å². The minimum Gasteiger partial charge on any atom is -0.290 e. The molecule has 2 N–H and O–H groups in total. The smallest absolute Gasteiger partial charge is 0.207 e. The van der Waals surface area contributed by atoms with Crippen LogP contribution in [0.2, 0.25) is 0 Å². The van der Waals surface area contributed by atoms with Gasteiger partial charge in [-0.25, -0.2) is 0 Å². The maximum Gasteiger partial charge on any atom is 0.207 e. The molecule has 0 aromatic carbocycles. The predicted octanol–water partition coefficient (Wildman–Crippen LogP) is -0.525. The zero-order valence-corrected chi connectivity index (χ0v) is 2.92. The van der Waals surface area contributed by atoms with Gasteiger partial charge in [0.1, 0.15) is 6.34 Å². The quantitative estimate of drug-likeness (QED) is 0.195. The maximum absolute atomic E-state index is 7.65. The van der Waals surface area contributed by atoms with Gasteiger partial charge >= 0.3 is 0 Å². The van der Waals surface area contributed by atoms with Gasteiger partial charge in [-0.05, 0) is 0 Å². The number of rotatable bonds is 1.